The van der Waals surface area contributed by atoms with E-state index in [1.807, 2.05) is 6.92 Å². The number of carbonyl (C=O) groups is 1. The van der Waals surface area contributed by atoms with Crippen LogP contribution in [0.1, 0.15) is 38.4 Å². The Hall–Kier alpha value is -1.17. The van der Waals surface area contributed by atoms with E-state index in [0.29, 0.717) is 12.0 Å². The summed E-state index contributed by atoms with van der Waals surface area (Å²) in [4.78, 5) is 11.8. The van der Waals surface area contributed by atoms with Crippen molar-refractivity contribution < 1.29 is 14.3 Å². The van der Waals surface area contributed by atoms with Gasteiger partial charge in [0.05, 0.1) is 11.6 Å². The van der Waals surface area contributed by atoms with Gasteiger partial charge in [-0.05, 0) is 31.0 Å². The molecule has 6 heteroatoms. The zero-order chi connectivity index (χ0) is 14.5. The lowest BCUT2D eigenvalue weighted by atomic mass is 9.96. The molecule has 2 unspecified atom stereocenters. The molecule has 1 amide bonds. The fourth-order valence-corrected chi connectivity index (χ4v) is 1.83. The van der Waals surface area contributed by atoms with Crippen LogP contribution in [0.3, 0.4) is 0 Å². The molecule has 1 rings (SSSR count). The van der Waals surface area contributed by atoms with Crippen LogP contribution in [0.15, 0.2) is 24.3 Å². The molecule has 0 radical (unpaired) electrons. The lowest BCUT2D eigenvalue weighted by Crippen LogP contribution is -2.52. The predicted octanol–water partition coefficient (Wildman–Crippen LogP) is 1.91. The minimum absolute atomic E-state index is 0. The number of aliphatic hydroxyl groups is 1. The van der Waals surface area contributed by atoms with Crippen LogP contribution in [-0.2, 0) is 4.79 Å². The molecule has 1 aromatic carbocycles. The molecule has 0 aliphatic carbocycles. The molecule has 0 saturated heterocycles. The van der Waals surface area contributed by atoms with Crippen molar-refractivity contribution in [2.45, 2.75) is 38.3 Å². The molecule has 0 heterocycles. The Morgan fingerprint density at radius 3 is 2.50 bits per heavy atom. The highest BCUT2D eigenvalue weighted by molar-refractivity contribution is 5.85. The molecule has 114 valence electrons. The van der Waals surface area contributed by atoms with Crippen LogP contribution in [-0.4, -0.2) is 23.1 Å². The van der Waals surface area contributed by atoms with Gasteiger partial charge in [-0.1, -0.05) is 25.5 Å². The lowest BCUT2D eigenvalue weighted by Gasteiger charge is -2.23. The second kappa shape index (κ2) is 8.19. The van der Waals surface area contributed by atoms with Gasteiger partial charge in [-0.2, -0.15) is 0 Å². The summed E-state index contributed by atoms with van der Waals surface area (Å²) in [6.07, 6.45) is 0.508. The number of benzene rings is 1. The Labute approximate surface area is 125 Å². The monoisotopic (exact) mass is 304 g/mol. The summed E-state index contributed by atoms with van der Waals surface area (Å²) in [5.74, 6) is -0.659. The van der Waals surface area contributed by atoms with E-state index in [-0.39, 0.29) is 30.7 Å². The van der Waals surface area contributed by atoms with Crippen LogP contribution in [0.4, 0.5) is 4.39 Å². The molecule has 4 nitrogen and oxygen atoms in total. The highest BCUT2D eigenvalue weighted by Crippen LogP contribution is 2.13. The van der Waals surface area contributed by atoms with Crippen LogP contribution < -0.4 is 11.1 Å². The first-order chi connectivity index (χ1) is 8.86. The van der Waals surface area contributed by atoms with E-state index in [9.17, 15) is 14.3 Å². The second-order valence-electron chi connectivity index (χ2n) is 4.94. The van der Waals surface area contributed by atoms with Gasteiger partial charge in [-0.3, -0.25) is 4.79 Å². The molecule has 0 bridgehead atoms. The number of hydrogen-bond acceptors (Lipinski definition) is 3. The second-order valence-corrected chi connectivity index (χ2v) is 4.94. The van der Waals surface area contributed by atoms with Crippen LogP contribution in [0.2, 0.25) is 0 Å². The third-order valence-corrected chi connectivity index (χ3v) is 3.00. The number of aliphatic hydroxyl groups excluding tert-OH is 1. The van der Waals surface area contributed by atoms with E-state index < -0.39 is 11.6 Å². The minimum Gasteiger partial charge on any atom is -0.387 e. The molecule has 0 aromatic heterocycles. The Morgan fingerprint density at radius 1 is 1.45 bits per heavy atom. The zero-order valence-electron chi connectivity index (χ0n) is 11.7. The molecule has 0 fully saturated rings. The van der Waals surface area contributed by atoms with Gasteiger partial charge in [-0.15, -0.1) is 12.4 Å². The largest absolute Gasteiger partial charge is 0.387 e. The quantitative estimate of drug-likeness (QED) is 0.751. The van der Waals surface area contributed by atoms with Crippen LogP contribution >= 0.6 is 12.4 Å². The molecule has 2 atom stereocenters. The van der Waals surface area contributed by atoms with E-state index >= 15 is 0 Å². The molecule has 4 N–H and O–H groups in total. The van der Waals surface area contributed by atoms with Gasteiger partial charge in [-0.25, -0.2) is 4.39 Å². The number of rotatable bonds is 6. The molecule has 0 spiro atoms. The van der Waals surface area contributed by atoms with E-state index in [0.717, 1.165) is 6.42 Å². The average molecular weight is 305 g/mol. The fourth-order valence-electron chi connectivity index (χ4n) is 1.83. The average Bonchev–Trinajstić information content (AvgIpc) is 2.36. The van der Waals surface area contributed by atoms with E-state index in [4.69, 9.17) is 5.73 Å². The molecule has 0 saturated carbocycles. The van der Waals surface area contributed by atoms with Crippen molar-refractivity contribution in [3.05, 3.63) is 35.6 Å². The lowest BCUT2D eigenvalue weighted by molar-refractivity contribution is -0.126. The van der Waals surface area contributed by atoms with Crippen LogP contribution in [0.5, 0.6) is 0 Å². The number of halogens is 2. The molecular weight excluding hydrogens is 283 g/mol. The molecule has 20 heavy (non-hydrogen) atoms. The van der Waals surface area contributed by atoms with Crippen molar-refractivity contribution in [3.8, 4) is 0 Å². The van der Waals surface area contributed by atoms with Gasteiger partial charge in [0.15, 0.2) is 0 Å². The number of amides is 1. The summed E-state index contributed by atoms with van der Waals surface area (Å²) < 4.78 is 12.7. The summed E-state index contributed by atoms with van der Waals surface area (Å²) in [5, 5.41) is 12.5. The summed E-state index contributed by atoms with van der Waals surface area (Å²) in [5.41, 5.74) is 5.49. The zero-order valence-corrected chi connectivity index (χ0v) is 12.5. The summed E-state index contributed by atoms with van der Waals surface area (Å²) in [6, 6.07) is 5.51. The molecular formula is C14H22ClFN2O2. The van der Waals surface area contributed by atoms with Gasteiger partial charge >= 0.3 is 0 Å². The predicted molar refractivity (Wildman–Crippen MR) is 79.1 cm³/mol. The fraction of sp³-hybridized carbons (Fsp3) is 0.500. The highest BCUT2D eigenvalue weighted by Gasteiger charge is 2.27. The van der Waals surface area contributed by atoms with Crippen molar-refractivity contribution in [3.63, 3.8) is 0 Å². The Bertz CT molecular complexity index is 424. The maximum absolute atomic E-state index is 12.7. The number of nitrogens with one attached hydrogen (secondary N) is 1. The molecule has 1 aromatic rings. The Balaban J connectivity index is 0.00000361. The van der Waals surface area contributed by atoms with Crippen molar-refractivity contribution in [1.29, 1.82) is 0 Å². The van der Waals surface area contributed by atoms with Crippen LogP contribution in [0.25, 0.3) is 0 Å². The van der Waals surface area contributed by atoms with Gasteiger partial charge in [0, 0.05) is 6.54 Å². The van der Waals surface area contributed by atoms with Crippen LogP contribution in [0, 0.1) is 5.82 Å². The Kier molecular flexibility index (Phi) is 7.71. The standard InChI is InChI=1S/C14H21FN2O2.ClH/c1-3-8-14(2,16)13(19)17-9-12(18)10-4-6-11(15)7-5-10;/h4-7,12,18H,3,8-9,16H2,1-2H3,(H,17,19);1H. The van der Waals surface area contributed by atoms with Gasteiger partial charge in [0.1, 0.15) is 5.82 Å². The number of carbonyl (C=O) groups excluding carboxylic acids is 1. The maximum atomic E-state index is 12.7. The first-order valence-electron chi connectivity index (χ1n) is 6.37. The normalized spacial score (nSPS) is 14.8. The summed E-state index contributed by atoms with van der Waals surface area (Å²) in [6.45, 7) is 3.67. The van der Waals surface area contributed by atoms with E-state index in [1.54, 1.807) is 6.92 Å². The maximum Gasteiger partial charge on any atom is 0.239 e. The summed E-state index contributed by atoms with van der Waals surface area (Å²) >= 11 is 0. The third-order valence-electron chi connectivity index (χ3n) is 3.00. The summed E-state index contributed by atoms with van der Waals surface area (Å²) in [7, 11) is 0. The van der Waals surface area contributed by atoms with Gasteiger partial charge in [0.25, 0.3) is 0 Å². The van der Waals surface area contributed by atoms with Crippen molar-refractivity contribution in [2.75, 3.05) is 6.54 Å². The molecule has 0 aliphatic heterocycles. The van der Waals surface area contributed by atoms with E-state index in [2.05, 4.69) is 5.32 Å². The third kappa shape index (κ3) is 5.45. The van der Waals surface area contributed by atoms with E-state index in [1.165, 1.54) is 24.3 Å². The highest BCUT2D eigenvalue weighted by atomic mass is 35.5. The SMILES string of the molecule is CCCC(C)(N)C(=O)NCC(O)c1ccc(F)cc1.Cl. The first kappa shape index (κ1) is 18.8. The van der Waals surface area contributed by atoms with Gasteiger partial charge < -0.3 is 16.2 Å². The number of hydrogen-bond donors (Lipinski definition) is 3. The Morgan fingerprint density at radius 2 is 2.00 bits per heavy atom. The smallest absolute Gasteiger partial charge is 0.239 e. The molecule has 0 aliphatic rings. The van der Waals surface area contributed by atoms with Crippen molar-refractivity contribution in [2.24, 2.45) is 5.73 Å². The topological polar surface area (TPSA) is 75.4 Å². The van der Waals surface area contributed by atoms with Crippen molar-refractivity contribution in [1.82, 2.24) is 5.32 Å². The van der Waals surface area contributed by atoms with Gasteiger partial charge in [0.2, 0.25) is 5.91 Å². The first-order valence-corrected chi connectivity index (χ1v) is 6.37. The van der Waals surface area contributed by atoms with Crippen molar-refractivity contribution >= 4 is 18.3 Å². The minimum atomic E-state index is -0.933. The number of nitrogens with two attached hydrogens (primary N) is 1.